The fourth-order valence-corrected chi connectivity index (χ4v) is 1.64. The van der Waals surface area contributed by atoms with Crippen LogP contribution in [0.1, 0.15) is 49.0 Å². The molecule has 1 heterocycles. The van der Waals surface area contributed by atoms with Crippen LogP contribution < -0.4 is 5.32 Å². The molecule has 1 aromatic rings. The summed E-state index contributed by atoms with van der Waals surface area (Å²) in [5.41, 5.74) is 0. The van der Waals surface area contributed by atoms with Gasteiger partial charge in [-0.2, -0.15) is 0 Å². The largest absolute Gasteiger partial charge is 0.463 e. The molecule has 1 aromatic heterocycles. The predicted octanol–water partition coefficient (Wildman–Crippen LogP) is 2.53. The Morgan fingerprint density at radius 3 is 2.89 bits per heavy atom. The SMILES string of the molecule is CCCOCCCNC(C)c1ccc(C(=O)OC)o1. The van der Waals surface area contributed by atoms with Crippen LogP contribution >= 0.6 is 0 Å². The van der Waals surface area contributed by atoms with E-state index in [4.69, 9.17) is 9.15 Å². The third-order valence-electron chi connectivity index (χ3n) is 2.70. The van der Waals surface area contributed by atoms with Crippen molar-refractivity contribution < 1.29 is 18.7 Å². The summed E-state index contributed by atoms with van der Waals surface area (Å²) >= 11 is 0. The van der Waals surface area contributed by atoms with E-state index in [2.05, 4.69) is 17.0 Å². The van der Waals surface area contributed by atoms with Gasteiger partial charge in [-0.25, -0.2) is 4.79 Å². The molecule has 0 radical (unpaired) electrons. The Morgan fingerprint density at radius 2 is 2.21 bits per heavy atom. The van der Waals surface area contributed by atoms with Crippen LogP contribution in [-0.4, -0.2) is 32.8 Å². The molecule has 5 nitrogen and oxygen atoms in total. The number of methoxy groups -OCH3 is 1. The zero-order valence-electron chi connectivity index (χ0n) is 11.9. The van der Waals surface area contributed by atoms with Gasteiger partial charge in [-0.05, 0) is 38.4 Å². The lowest BCUT2D eigenvalue weighted by molar-refractivity contribution is 0.0562. The molecule has 0 aromatic carbocycles. The van der Waals surface area contributed by atoms with Crippen molar-refractivity contribution in [3.63, 3.8) is 0 Å². The van der Waals surface area contributed by atoms with E-state index in [-0.39, 0.29) is 11.8 Å². The summed E-state index contributed by atoms with van der Waals surface area (Å²) in [5, 5.41) is 3.32. The number of hydrogen-bond donors (Lipinski definition) is 1. The van der Waals surface area contributed by atoms with Gasteiger partial charge in [0.05, 0.1) is 13.2 Å². The molecule has 0 saturated heterocycles. The average Bonchev–Trinajstić information content (AvgIpc) is 2.91. The minimum Gasteiger partial charge on any atom is -0.463 e. The van der Waals surface area contributed by atoms with Gasteiger partial charge >= 0.3 is 5.97 Å². The van der Waals surface area contributed by atoms with Gasteiger partial charge in [-0.3, -0.25) is 0 Å². The van der Waals surface area contributed by atoms with Crippen LogP contribution in [0.15, 0.2) is 16.5 Å². The fourth-order valence-electron chi connectivity index (χ4n) is 1.64. The number of ether oxygens (including phenoxy) is 2. The van der Waals surface area contributed by atoms with E-state index in [1.807, 2.05) is 6.92 Å². The zero-order chi connectivity index (χ0) is 14.1. The van der Waals surface area contributed by atoms with Crippen molar-refractivity contribution in [2.24, 2.45) is 0 Å². The molecule has 0 aliphatic carbocycles. The minimum absolute atomic E-state index is 0.0598. The molecule has 0 aliphatic heterocycles. The second-order valence-corrected chi connectivity index (χ2v) is 4.34. The van der Waals surface area contributed by atoms with Gasteiger partial charge in [0.1, 0.15) is 5.76 Å². The van der Waals surface area contributed by atoms with Gasteiger partial charge in [0.25, 0.3) is 0 Å². The van der Waals surface area contributed by atoms with Crippen molar-refractivity contribution in [3.05, 3.63) is 23.7 Å². The lowest BCUT2D eigenvalue weighted by atomic mass is 10.2. The molecule has 1 N–H and O–H groups in total. The van der Waals surface area contributed by atoms with Crippen LogP contribution in [0.5, 0.6) is 0 Å². The highest BCUT2D eigenvalue weighted by atomic mass is 16.5. The van der Waals surface area contributed by atoms with Crippen molar-refractivity contribution >= 4 is 5.97 Å². The Bertz CT molecular complexity index is 375. The maximum Gasteiger partial charge on any atom is 0.373 e. The molecule has 0 aliphatic rings. The first-order valence-corrected chi connectivity index (χ1v) is 6.68. The normalized spacial score (nSPS) is 12.4. The van der Waals surface area contributed by atoms with Crippen molar-refractivity contribution in [1.29, 1.82) is 0 Å². The number of carbonyl (C=O) groups excluding carboxylic acids is 1. The first kappa shape index (κ1) is 15.7. The summed E-state index contributed by atoms with van der Waals surface area (Å²) in [6.45, 7) is 6.51. The summed E-state index contributed by atoms with van der Waals surface area (Å²) in [6.07, 6.45) is 2.00. The van der Waals surface area contributed by atoms with Gasteiger partial charge in [0, 0.05) is 13.2 Å². The number of rotatable bonds is 9. The van der Waals surface area contributed by atoms with Crippen LogP contribution in [0, 0.1) is 0 Å². The van der Waals surface area contributed by atoms with E-state index in [0.29, 0.717) is 0 Å². The van der Waals surface area contributed by atoms with Crippen LogP contribution in [0.3, 0.4) is 0 Å². The molecule has 1 atom stereocenters. The number of furan rings is 1. The van der Waals surface area contributed by atoms with Crippen LogP contribution in [-0.2, 0) is 9.47 Å². The number of esters is 1. The number of hydrogen-bond acceptors (Lipinski definition) is 5. The Labute approximate surface area is 114 Å². The smallest absolute Gasteiger partial charge is 0.373 e. The van der Waals surface area contributed by atoms with Crippen LogP contribution in [0.4, 0.5) is 0 Å². The molecule has 0 fully saturated rings. The Balaban J connectivity index is 2.27. The van der Waals surface area contributed by atoms with E-state index in [1.165, 1.54) is 7.11 Å². The lowest BCUT2D eigenvalue weighted by Gasteiger charge is -2.11. The van der Waals surface area contributed by atoms with E-state index in [0.717, 1.165) is 38.4 Å². The molecule has 0 spiro atoms. The van der Waals surface area contributed by atoms with Gasteiger partial charge in [-0.15, -0.1) is 0 Å². The Hall–Kier alpha value is -1.33. The quantitative estimate of drug-likeness (QED) is 0.551. The predicted molar refractivity (Wildman–Crippen MR) is 72.2 cm³/mol. The third kappa shape index (κ3) is 5.44. The Morgan fingerprint density at radius 1 is 1.42 bits per heavy atom. The maximum atomic E-state index is 11.3. The standard InChI is InChI=1S/C14H23NO4/c1-4-9-18-10-5-8-15-11(2)12-6-7-13(19-12)14(16)17-3/h6-7,11,15H,4-5,8-10H2,1-3H3. The molecule has 108 valence electrons. The summed E-state index contributed by atoms with van der Waals surface area (Å²) < 4.78 is 15.4. The van der Waals surface area contributed by atoms with Crippen molar-refractivity contribution in [3.8, 4) is 0 Å². The summed E-state index contributed by atoms with van der Waals surface area (Å²) in [5.74, 6) is 0.513. The van der Waals surface area contributed by atoms with E-state index >= 15 is 0 Å². The summed E-state index contributed by atoms with van der Waals surface area (Å²) in [6, 6.07) is 3.48. The first-order chi connectivity index (χ1) is 9.19. The van der Waals surface area contributed by atoms with Crippen molar-refractivity contribution in [2.45, 2.75) is 32.7 Å². The zero-order valence-corrected chi connectivity index (χ0v) is 11.9. The van der Waals surface area contributed by atoms with Gasteiger partial charge in [0.15, 0.2) is 0 Å². The second-order valence-electron chi connectivity index (χ2n) is 4.34. The highest BCUT2D eigenvalue weighted by molar-refractivity contribution is 5.86. The number of nitrogens with one attached hydrogen (secondary N) is 1. The average molecular weight is 269 g/mol. The maximum absolute atomic E-state index is 11.3. The summed E-state index contributed by atoms with van der Waals surface area (Å²) in [4.78, 5) is 11.3. The highest BCUT2D eigenvalue weighted by Crippen LogP contribution is 2.16. The molecule has 0 saturated carbocycles. The Kier molecular flexibility index (Phi) is 7.22. The van der Waals surface area contributed by atoms with Gasteiger partial charge < -0.3 is 19.2 Å². The first-order valence-electron chi connectivity index (χ1n) is 6.68. The second kappa shape index (κ2) is 8.72. The molecule has 19 heavy (non-hydrogen) atoms. The molecule has 1 unspecified atom stereocenters. The van der Waals surface area contributed by atoms with E-state index in [1.54, 1.807) is 12.1 Å². The third-order valence-corrected chi connectivity index (χ3v) is 2.70. The fraction of sp³-hybridized carbons (Fsp3) is 0.643. The van der Waals surface area contributed by atoms with Gasteiger partial charge in [0.2, 0.25) is 5.76 Å². The molecular formula is C14H23NO4. The summed E-state index contributed by atoms with van der Waals surface area (Å²) in [7, 11) is 1.34. The highest BCUT2D eigenvalue weighted by Gasteiger charge is 2.14. The molecule has 0 bridgehead atoms. The number of carbonyl (C=O) groups is 1. The lowest BCUT2D eigenvalue weighted by Crippen LogP contribution is -2.20. The topological polar surface area (TPSA) is 60.7 Å². The molecular weight excluding hydrogens is 246 g/mol. The van der Waals surface area contributed by atoms with Crippen LogP contribution in [0.2, 0.25) is 0 Å². The molecule has 1 rings (SSSR count). The van der Waals surface area contributed by atoms with E-state index in [9.17, 15) is 4.79 Å². The van der Waals surface area contributed by atoms with Crippen molar-refractivity contribution in [2.75, 3.05) is 26.9 Å². The van der Waals surface area contributed by atoms with Gasteiger partial charge in [-0.1, -0.05) is 6.92 Å². The van der Waals surface area contributed by atoms with Crippen molar-refractivity contribution in [1.82, 2.24) is 5.32 Å². The monoisotopic (exact) mass is 269 g/mol. The molecule has 0 amide bonds. The van der Waals surface area contributed by atoms with Crippen LogP contribution in [0.25, 0.3) is 0 Å². The van der Waals surface area contributed by atoms with E-state index < -0.39 is 5.97 Å². The minimum atomic E-state index is -0.452. The molecule has 5 heteroatoms.